The molecule has 2 aliphatic rings. The zero-order valence-corrected chi connectivity index (χ0v) is 16.9. The summed E-state index contributed by atoms with van der Waals surface area (Å²) in [6, 6.07) is 9.99. The summed E-state index contributed by atoms with van der Waals surface area (Å²) in [5.41, 5.74) is 3.14. The zero-order valence-electron chi connectivity index (χ0n) is 16.9. The largest absolute Gasteiger partial charge is 0.356 e. The van der Waals surface area contributed by atoms with Crippen LogP contribution in [-0.2, 0) is 0 Å². The molecule has 0 saturated carbocycles. The first kappa shape index (κ1) is 19.0. The fourth-order valence-electron chi connectivity index (χ4n) is 4.47. The Hall–Kier alpha value is -2.36. The summed E-state index contributed by atoms with van der Waals surface area (Å²) in [6.07, 6.45) is 10.7. The van der Waals surface area contributed by atoms with Crippen LogP contribution in [0.4, 0.5) is 5.82 Å². The highest BCUT2D eigenvalue weighted by Gasteiger charge is 2.20. The topological polar surface area (TPSA) is 45.2 Å². The highest BCUT2D eigenvalue weighted by molar-refractivity contribution is 6.07. The molecular weight excluding hydrogens is 346 g/mol. The molecule has 2 heterocycles. The van der Waals surface area contributed by atoms with E-state index in [0.717, 1.165) is 41.8 Å². The maximum absolute atomic E-state index is 13.0. The second-order valence-electron chi connectivity index (χ2n) is 8.35. The predicted molar refractivity (Wildman–Crippen MR) is 116 cm³/mol. The van der Waals surface area contributed by atoms with E-state index in [4.69, 9.17) is 4.98 Å². The number of hydrogen-bond acceptors (Lipinski definition) is 3. The van der Waals surface area contributed by atoms with Gasteiger partial charge in [0.15, 0.2) is 0 Å². The van der Waals surface area contributed by atoms with Crippen molar-refractivity contribution in [2.45, 2.75) is 51.9 Å². The Kier molecular flexibility index (Phi) is 5.94. The van der Waals surface area contributed by atoms with Gasteiger partial charge in [-0.15, -0.1) is 0 Å². The number of amides is 1. The van der Waals surface area contributed by atoms with Crippen molar-refractivity contribution >= 4 is 22.6 Å². The van der Waals surface area contributed by atoms with E-state index in [0.29, 0.717) is 12.5 Å². The van der Waals surface area contributed by atoms with Gasteiger partial charge in [0.25, 0.3) is 5.91 Å². The van der Waals surface area contributed by atoms with E-state index >= 15 is 0 Å². The molecule has 1 saturated heterocycles. The maximum Gasteiger partial charge on any atom is 0.252 e. The van der Waals surface area contributed by atoms with Crippen LogP contribution < -0.4 is 10.2 Å². The van der Waals surface area contributed by atoms with Crippen molar-refractivity contribution in [3.8, 4) is 0 Å². The summed E-state index contributed by atoms with van der Waals surface area (Å²) >= 11 is 0. The van der Waals surface area contributed by atoms with Gasteiger partial charge in [-0.25, -0.2) is 4.98 Å². The van der Waals surface area contributed by atoms with Crippen LogP contribution in [0.25, 0.3) is 10.9 Å². The molecule has 1 atom stereocenters. The molecule has 0 spiro atoms. The molecule has 4 rings (SSSR count). The Morgan fingerprint density at radius 1 is 1.25 bits per heavy atom. The van der Waals surface area contributed by atoms with Crippen LogP contribution in [0.1, 0.15) is 62.2 Å². The first-order valence-corrected chi connectivity index (χ1v) is 10.8. The second kappa shape index (κ2) is 8.76. The third kappa shape index (κ3) is 4.37. The number of allylic oxidation sites excluding steroid dienone is 1. The van der Waals surface area contributed by atoms with Crippen LogP contribution in [0, 0.1) is 5.92 Å². The third-order valence-electron chi connectivity index (χ3n) is 6.04. The van der Waals surface area contributed by atoms with Crippen LogP contribution in [0.15, 0.2) is 42.0 Å². The number of pyridine rings is 1. The Morgan fingerprint density at radius 3 is 2.96 bits per heavy atom. The number of fused-ring (bicyclic) bond motifs is 1. The normalized spacial score (nSPS) is 20.1. The Morgan fingerprint density at radius 2 is 2.14 bits per heavy atom. The molecule has 28 heavy (non-hydrogen) atoms. The lowest BCUT2D eigenvalue weighted by atomic mass is 9.97. The molecule has 4 nitrogen and oxygen atoms in total. The van der Waals surface area contributed by atoms with Crippen LogP contribution in [0.5, 0.6) is 0 Å². The summed E-state index contributed by atoms with van der Waals surface area (Å²) in [6.45, 7) is 5.03. The van der Waals surface area contributed by atoms with Gasteiger partial charge in [0, 0.05) is 25.0 Å². The number of hydrogen-bond donors (Lipinski definition) is 1. The minimum absolute atomic E-state index is 0.0151. The molecule has 1 amide bonds. The van der Waals surface area contributed by atoms with E-state index in [1.165, 1.54) is 44.1 Å². The molecule has 2 aromatic rings. The van der Waals surface area contributed by atoms with E-state index in [2.05, 4.69) is 23.2 Å². The standard InChI is InChI=1S/C24H31N3O/c1-18-8-7-15-27(17-18)23-16-21(20-11-5-6-12-22(20)26-23)24(28)25-14-13-19-9-3-2-4-10-19/h5-6,9,11-12,16,18H,2-4,7-8,10,13-15,17H2,1H3,(H,25,28)/t18-/m1/s1. The van der Waals surface area contributed by atoms with Crippen LogP contribution in [0.3, 0.4) is 0 Å². The molecule has 1 fully saturated rings. The van der Waals surface area contributed by atoms with Crippen molar-refractivity contribution in [1.82, 2.24) is 10.3 Å². The molecule has 1 aromatic carbocycles. The highest BCUT2D eigenvalue weighted by Crippen LogP contribution is 2.27. The lowest BCUT2D eigenvalue weighted by molar-refractivity contribution is 0.0955. The van der Waals surface area contributed by atoms with E-state index in [9.17, 15) is 4.79 Å². The monoisotopic (exact) mass is 377 g/mol. The Bertz CT molecular complexity index is 873. The van der Waals surface area contributed by atoms with Crippen molar-refractivity contribution in [3.05, 3.63) is 47.5 Å². The fraction of sp³-hybridized carbons (Fsp3) is 0.500. The van der Waals surface area contributed by atoms with Crippen LogP contribution in [-0.4, -0.2) is 30.5 Å². The summed E-state index contributed by atoms with van der Waals surface area (Å²) in [4.78, 5) is 20.2. The van der Waals surface area contributed by atoms with E-state index < -0.39 is 0 Å². The summed E-state index contributed by atoms with van der Waals surface area (Å²) < 4.78 is 0. The maximum atomic E-state index is 13.0. The van der Waals surface area contributed by atoms with Crippen LogP contribution in [0.2, 0.25) is 0 Å². The minimum Gasteiger partial charge on any atom is -0.356 e. The zero-order chi connectivity index (χ0) is 19.3. The van der Waals surface area contributed by atoms with Gasteiger partial charge in [-0.1, -0.05) is 36.8 Å². The van der Waals surface area contributed by atoms with Crippen molar-refractivity contribution < 1.29 is 4.79 Å². The van der Waals surface area contributed by atoms with Gasteiger partial charge in [0.2, 0.25) is 0 Å². The summed E-state index contributed by atoms with van der Waals surface area (Å²) in [7, 11) is 0. The molecule has 4 heteroatoms. The molecule has 1 aliphatic carbocycles. The quantitative estimate of drug-likeness (QED) is 0.738. The number of carbonyl (C=O) groups is 1. The van der Waals surface area contributed by atoms with Gasteiger partial charge in [-0.2, -0.15) is 0 Å². The van der Waals surface area contributed by atoms with E-state index in [1.807, 2.05) is 30.3 Å². The van der Waals surface area contributed by atoms with Crippen molar-refractivity contribution in [1.29, 1.82) is 0 Å². The molecule has 148 valence electrons. The van der Waals surface area contributed by atoms with Gasteiger partial charge in [0.05, 0.1) is 11.1 Å². The average Bonchev–Trinajstić information content (AvgIpc) is 2.73. The number of nitrogens with zero attached hydrogens (tertiary/aromatic N) is 2. The molecule has 1 aromatic heterocycles. The number of aromatic nitrogens is 1. The Labute approximate surface area is 168 Å². The number of piperidine rings is 1. The van der Waals surface area contributed by atoms with Crippen molar-refractivity contribution in [3.63, 3.8) is 0 Å². The van der Waals surface area contributed by atoms with Gasteiger partial charge >= 0.3 is 0 Å². The molecule has 0 unspecified atom stereocenters. The highest BCUT2D eigenvalue weighted by atomic mass is 16.1. The van der Waals surface area contributed by atoms with E-state index in [1.54, 1.807) is 0 Å². The molecule has 1 N–H and O–H groups in total. The third-order valence-corrected chi connectivity index (χ3v) is 6.04. The van der Waals surface area contributed by atoms with Gasteiger partial charge in [-0.05, 0) is 63.0 Å². The molecular formula is C24H31N3O. The number of carbonyl (C=O) groups excluding carboxylic acids is 1. The van der Waals surface area contributed by atoms with Crippen LogP contribution >= 0.6 is 0 Å². The smallest absolute Gasteiger partial charge is 0.252 e. The summed E-state index contributed by atoms with van der Waals surface area (Å²) in [5, 5.41) is 4.09. The number of benzene rings is 1. The number of anilines is 1. The average molecular weight is 378 g/mol. The lowest BCUT2D eigenvalue weighted by Crippen LogP contribution is -2.35. The van der Waals surface area contributed by atoms with E-state index in [-0.39, 0.29) is 5.91 Å². The molecule has 1 aliphatic heterocycles. The van der Waals surface area contributed by atoms with Crippen molar-refractivity contribution in [2.24, 2.45) is 5.92 Å². The van der Waals surface area contributed by atoms with Crippen molar-refractivity contribution in [2.75, 3.05) is 24.5 Å². The van der Waals surface area contributed by atoms with Gasteiger partial charge in [-0.3, -0.25) is 4.79 Å². The number of nitrogens with one attached hydrogen (secondary N) is 1. The Balaban J connectivity index is 1.54. The lowest BCUT2D eigenvalue weighted by Gasteiger charge is -2.32. The first-order chi connectivity index (χ1) is 13.7. The predicted octanol–water partition coefficient (Wildman–Crippen LogP) is 5.09. The first-order valence-electron chi connectivity index (χ1n) is 10.8. The minimum atomic E-state index is 0.0151. The SMILES string of the molecule is C[C@@H]1CCCN(c2cc(C(=O)NCCC3=CCCCC3)c3ccccc3n2)C1. The molecule has 0 radical (unpaired) electrons. The van der Waals surface area contributed by atoms with Gasteiger partial charge < -0.3 is 10.2 Å². The summed E-state index contributed by atoms with van der Waals surface area (Å²) in [5.74, 6) is 1.62. The second-order valence-corrected chi connectivity index (χ2v) is 8.35. The number of rotatable bonds is 5. The number of para-hydroxylation sites is 1. The fourth-order valence-corrected chi connectivity index (χ4v) is 4.47. The molecule has 0 bridgehead atoms. The van der Waals surface area contributed by atoms with Gasteiger partial charge in [0.1, 0.15) is 5.82 Å².